The molecule has 1 amide bonds. The van der Waals surface area contributed by atoms with Crippen LogP contribution in [0.1, 0.15) is 57.6 Å². The lowest BCUT2D eigenvalue weighted by Gasteiger charge is -2.21. The second kappa shape index (κ2) is 11.0. The third-order valence-corrected chi connectivity index (χ3v) is 5.74. The van der Waals surface area contributed by atoms with Crippen molar-refractivity contribution in [3.05, 3.63) is 30.0 Å². The molecule has 2 unspecified atom stereocenters. The van der Waals surface area contributed by atoms with Crippen molar-refractivity contribution in [1.82, 2.24) is 15.1 Å². The Bertz CT molecular complexity index is 913. The van der Waals surface area contributed by atoms with Crippen molar-refractivity contribution in [2.24, 2.45) is 11.8 Å². The Balaban J connectivity index is 2.54. The van der Waals surface area contributed by atoms with Crippen LogP contribution < -0.4 is 14.8 Å². The molecule has 1 aromatic heterocycles. The van der Waals surface area contributed by atoms with Crippen LogP contribution in [0.2, 0.25) is 0 Å². The van der Waals surface area contributed by atoms with Crippen molar-refractivity contribution in [3.8, 4) is 22.8 Å². The Morgan fingerprint density at radius 1 is 1.00 bits per heavy atom. The number of carbonyl (C=O) groups excluding carboxylic acids is 2. The predicted octanol–water partition coefficient (Wildman–Crippen LogP) is 4.10. The number of nitrogens with zero attached hydrogens (tertiary/aromatic N) is 2. The van der Waals surface area contributed by atoms with Crippen LogP contribution in [0.5, 0.6) is 11.5 Å². The molecule has 0 spiro atoms. The predicted molar refractivity (Wildman–Crippen MR) is 123 cm³/mol. The van der Waals surface area contributed by atoms with Gasteiger partial charge in [-0.1, -0.05) is 33.8 Å². The molecule has 32 heavy (non-hydrogen) atoms. The van der Waals surface area contributed by atoms with Gasteiger partial charge in [-0.05, 0) is 37.0 Å². The molecule has 8 heteroatoms. The van der Waals surface area contributed by atoms with Crippen LogP contribution in [0.3, 0.4) is 0 Å². The van der Waals surface area contributed by atoms with Gasteiger partial charge in [0.15, 0.2) is 5.69 Å². The average Bonchev–Trinajstić information content (AvgIpc) is 3.21. The van der Waals surface area contributed by atoms with Gasteiger partial charge in [-0.2, -0.15) is 5.10 Å². The molecule has 1 heterocycles. The van der Waals surface area contributed by atoms with Crippen LogP contribution >= 0.6 is 0 Å². The summed E-state index contributed by atoms with van der Waals surface area (Å²) in [5.41, 5.74) is 1.71. The maximum absolute atomic E-state index is 13.1. The molecule has 2 rings (SSSR count). The number of amides is 1. The Morgan fingerprint density at radius 2 is 1.59 bits per heavy atom. The van der Waals surface area contributed by atoms with Gasteiger partial charge < -0.3 is 19.5 Å². The highest BCUT2D eigenvalue weighted by Gasteiger charge is 2.27. The molecular weight excluding hydrogens is 410 g/mol. The van der Waals surface area contributed by atoms with Gasteiger partial charge in [0, 0.05) is 6.04 Å². The summed E-state index contributed by atoms with van der Waals surface area (Å²) in [4.78, 5) is 24.9. The first-order valence-corrected chi connectivity index (χ1v) is 10.8. The van der Waals surface area contributed by atoms with Crippen molar-refractivity contribution < 1.29 is 23.8 Å². The number of aromatic nitrogens is 2. The highest BCUT2D eigenvalue weighted by Crippen LogP contribution is 2.40. The molecule has 0 saturated carbocycles. The monoisotopic (exact) mass is 445 g/mol. The summed E-state index contributed by atoms with van der Waals surface area (Å²) in [6, 6.07) is 6.93. The number of benzene rings is 1. The smallest absolute Gasteiger partial charge is 0.307 e. The molecule has 1 aromatic carbocycles. The number of methoxy groups -OCH3 is 3. The summed E-state index contributed by atoms with van der Waals surface area (Å²) >= 11 is 0. The second-order valence-corrected chi connectivity index (χ2v) is 8.49. The van der Waals surface area contributed by atoms with E-state index in [2.05, 4.69) is 31.2 Å². The number of carbonyl (C=O) groups is 2. The van der Waals surface area contributed by atoms with E-state index < -0.39 is 0 Å². The molecule has 0 fully saturated rings. The highest BCUT2D eigenvalue weighted by molar-refractivity contribution is 5.94. The number of ether oxygens (including phenoxy) is 3. The Labute approximate surface area is 190 Å². The van der Waals surface area contributed by atoms with Crippen LogP contribution in [0.15, 0.2) is 24.3 Å². The minimum Gasteiger partial charge on any atom is -0.496 e. The average molecular weight is 446 g/mol. The molecule has 0 aliphatic rings. The van der Waals surface area contributed by atoms with Gasteiger partial charge in [0.1, 0.15) is 11.5 Å². The summed E-state index contributed by atoms with van der Waals surface area (Å²) in [6.07, 6.45) is 0.0935. The van der Waals surface area contributed by atoms with Crippen LogP contribution in [-0.2, 0) is 9.53 Å². The number of hydrogen-bond donors (Lipinski definition) is 1. The van der Waals surface area contributed by atoms with E-state index in [1.165, 1.54) is 7.11 Å². The standard InChI is InChI=1S/C24H35N3O5/c1-14(2)16(5)27-19(23-20(30-6)10-9-11-21(23)31-7)12-18(26-27)24(29)25-17(15(3)4)13-22(28)32-8/h9-12,14-17H,13H2,1-8H3,(H,25,29). The molecular formula is C24H35N3O5. The third-order valence-electron chi connectivity index (χ3n) is 5.74. The molecule has 0 radical (unpaired) electrons. The normalized spacial score (nSPS) is 13.1. The van der Waals surface area contributed by atoms with Crippen molar-refractivity contribution in [1.29, 1.82) is 0 Å². The number of rotatable bonds is 10. The number of esters is 1. The van der Waals surface area contributed by atoms with E-state index in [0.717, 1.165) is 11.3 Å². The summed E-state index contributed by atoms with van der Waals surface area (Å²) < 4.78 is 17.8. The van der Waals surface area contributed by atoms with Crippen LogP contribution in [-0.4, -0.2) is 49.0 Å². The molecule has 0 aliphatic heterocycles. The van der Waals surface area contributed by atoms with Crippen LogP contribution in [0.25, 0.3) is 11.3 Å². The first-order chi connectivity index (χ1) is 15.1. The first-order valence-electron chi connectivity index (χ1n) is 10.8. The molecule has 176 valence electrons. The maximum atomic E-state index is 13.1. The summed E-state index contributed by atoms with van der Waals surface area (Å²) in [5.74, 6) is 0.842. The minimum atomic E-state index is -0.373. The largest absolute Gasteiger partial charge is 0.496 e. The second-order valence-electron chi connectivity index (χ2n) is 8.49. The van der Waals surface area contributed by atoms with Gasteiger partial charge >= 0.3 is 5.97 Å². The number of hydrogen-bond acceptors (Lipinski definition) is 6. The molecule has 2 atom stereocenters. The maximum Gasteiger partial charge on any atom is 0.307 e. The van der Waals surface area contributed by atoms with Gasteiger partial charge in [0.05, 0.1) is 45.0 Å². The quantitative estimate of drug-likeness (QED) is 0.554. The van der Waals surface area contributed by atoms with Gasteiger partial charge in [-0.3, -0.25) is 14.3 Å². The van der Waals surface area contributed by atoms with E-state index in [0.29, 0.717) is 11.5 Å². The number of nitrogens with one attached hydrogen (secondary N) is 1. The first kappa shape index (κ1) is 25.2. The third kappa shape index (κ3) is 5.60. The Hall–Kier alpha value is -3.03. The van der Waals surface area contributed by atoms with E-state index in [9.17, 15) is 9.59 Å². The highest BCUT2D eigenvalue weighted by atomic mass is 16.5. The van der Waals surface area contributed by atoms with Gasteiger partial charge in [-0.25, -0.2) is 0 Å². The zero-order chi connectivity index (χ0) is 24.0. The zero-order valence-electron chi connectivity index (χ0n) is 20.3. The van der Waals surface area contributed by atoms with Gasteiger partial charge in [-0.15, -0.1) is 0 Å². The van der Waals surface area contributed by atoms with E-state index in [4.69, 9.17) is 14.2 Å². The summed E-state index contributed by atoms with van der Waals surface area (Å²) in [6.45, 7) is 10.1. The minimum absolute atomic E-state index is 0.0112. The molecule has 0 saturated heterocycles. The fourth-order valence-corrected chi connectivity index (χ4v) is 3.35. The van der Waals surface area contributed by atoms with Crippen molar-refractivity contribution >= 4 is 11.9 Å². The van der Waals surface area contributed by atoms with E-state index >= 15 is 0 Å². The van der Waals surface area contributed by atoms with Crippen molar-refractivity contribution in [2.75, 3.05) is 21.3 Å². The lowest BCUT2D eigenvalue weighted by molar-refractivity contribution is -0.141. The molecule has 2 aromatic rings. The topological polar surface area (TPSA) is 91.7 Å². The van der Waals surface area contributed by atoms with Gasteiger partial charge in [0.2, 0.25) is 0 Å². The van der Waals surface area contributed by atoms with E-state index in [1.807, 2.05) is 36.7 Å². The summed E-state index contributed by atoms with van der Waals surface area (Å²) in [7, 11) is 4.53. The lowest BCUT2D eigenvalue weighted by atomic mass is 10.0. The van der Waals surface area contributed by atoms with Crippen molar-refractivity contribution in [3.63, 3.8) is 0 Å². The van der Waals surface area contributed by atoms with E-state index in [-0.39, 0.29) is 47.9 Å². The Morgan fingerprint density at radius 3 is 2.06 bits per heavy atom. The molecule has 0 bridgehead atoms. The zero-order valence-corrected chi connectivity index (χ0v) is 20.3. The fourth-order valence-electron chi connectivity index (χ4n) is 3.35. The summed E-state index contributed by atoms with van der Waals surface area (Å²) in [5, 5.41) is 7.58. The molecule has 8 nitrogen and oxygen atoms in total. The lowest BCUT2D eigenvalue weighted by Crippen LogP contribution is -2.40. The van der Waals surface area contributed by atoms with Crippen molar-refractivity contribution in [2.45, 2.75) is 53.1 Å². The molecule has 1 N–H and O–H groups in total. The van der Waals surface area contributed by atoms with Gasteiger partial charge in [0.25, 0.3) is 5.91 Å². The Kier molecular flexibility index (Phi) is 8.69. The van der Waals surface area contributed by atoms with Crippen LogP contribution in [0, 0.1) is 11.8 Å². The van der Waals surface area contributed by atoms with Crippen LogP contribution in [0.4, 0.5) is 0 Å². The molecule has 0 aliphatic carbocycles. The SMILES string of the molecule is COC(=O)CC(NC(=O)c1cc(-c2c(OC)cccc2OC)n(C(C)C(C)C)n1)C(C)C. The van der Waals surface area contributed by atoms with E-state index in [1.54, 1.807) is 20.3 Å². The fraction of sp³-hybridized carbons (Fsp3) is 0.542.